The number of ether oxygens (including phenoxy) is 2. The summed E-state index contributed by atoms with van der Waals surface area (Å²) in [7, 11) is 0. The Morgan fingerprint density at radius 2 is 0.794 bits per heavy atom. The monoisotopic (exact) mass is 862 g/mol. The van der Waals surface area contributed by atoms with E-state index in [9.17, 15) is 55.7 Å². The van der Waals surface area contributed by atoms with E-state index in [4.69, 9.17) is 22.3 Å². The molecule has 0 unspecified atom stereocenters. The van der Waals surface area contributed by atoms with Crippen LogP contribution >= 0.6 is 0 Å². The van der Waals surface area contributed by atoms with Crippen LogP contribution in [0.1, 0.15) is 63.7 Å². The number of terminal acetylenes is 2. The molecule has 16 heteroatoms. The summed E-state index contributed by atoms with van der Waals surface area (Å²) in [5, 5.41) is 24.0. The van der Waals surface area contributed by atoms with Gasteiger partial charge in [0.25, 0.3) is 11.8 Å². The van der Waals surface area contributed by atoms with Gasteiger partial charge in [-0.15, -0.1) is 12.8 Å². The zero-order valence-electron chi connectivity index (χ0n) is 32.0. The number of carbonyl (C=O) groups excluding carboxylic acids is 2. The normalized spacial score (nSPS) is 11.4. The molecule has 0 atom stereocenters. The minimum absolute atomic E-state index is 0.0929. The molecule has 0 heterocycles. The van der Waals surface area contributed by atoms with E-state index >= 15 is 0 Å². The number of carboxylic acid groups (broad SMARTS) is 2. The standard InChI is InChI=1S/C47H28F6N2O8/c1-3-27-6-24-38(43(58)59)39(25-27)42(57)55-32-13-21-36(22-14-32)63-34-17-9-30(10-18-34)45(46(48,49)50,47(51,52)53)29-7-15-33(16-8-29)62-35-19-11-31(12-20-35)54-41(56)37-23-5-28(4-2)26-40(37)44(60)61/h1-2,5-26H,(H,54,56)(H,55,57)(H,58,59)(H,60,61). The third-order valence-corrected chi connectivity index (χ3v) is 9.44. The molecule has 10 nitrogen and oxygen atoms in total. The van der Waals surface area contributed by atoms with Gasteiger partial charge in [0.05, 0.1) is 22.3 Å². The van der Waals surface area contributed by atoms with Crippen molar-refractivity contribution in [2.75, 3.05) is 10.6 Å². The highest BCUT2D eigenvalue weighted by atomic mass is 19.4. The van der Waals surface area contributed by atoms with E-state index in [0.29, 0.717) is 24.3 Å². The van der Waals surface area contributed by atoms with E-state index in [1.807, 2.05) is 0 Å². The van der Waals surface area contributed by atoms with Crippen LogP contribution in [0.4, 0.5) is 37.7 Å². The van der Waals surface area contributed by atoms with Crippen molar-refractivity contribution in [3.05, 3.63) is 178 Å². The minimum Gasteiger partial charge on any atom is -0.478 e. The number of halogens is 6. The number of hydrogen-bond donors (Lipinski definition) is 4. The number of carboxylic acids is 2. The van der Waals surface area contributed by atoms with Crippen molar-refractivity contribution in [1.29, 1.82) is 0 Å². The summed E-state index contributed by atoms with van der Waals surface area (Å²) in [6.45, 7) is 0. The van der Waals surface area contributed by atoms with Crippen LogP contribution < -0.4 is 20.1 Å². The fourth-order valence-corrected chi connectivity index (χ4v) is 6.43. The predicted molar refractivity (Wildman–Crippen MR) is 217 cm³/mol. The topological polar surface area (TPSA) is 151 Å². The predicted octanol–water partition coefficient (Wildman–Crippen LogP) is 10.5. The Morgan fingerprint density at radius 3 is 1.14 bits per heavy atom. The Labute approximate surface area is 353 Å². The molecule has 0 bridgehead atoms. The number of amides is 2. The number of rotatable bonds is 12. The van der Waals surface area contributed by atoms with E-state index in [2.05, 4.69) is 22.5 Å². The molecule has 6 rings (SSSR count). The Hall–Kier alpha value is -8.50. The van der Waals surface area contributed by atoms with Gasteiger partial charge in [-0.2, -0.15) is 26.3 Å². The lowest BCUT2D eigenvalue weighted by Crippen LogP contribution is -2.54. The average molecular weight is 863 g/mol. The molecule has 0 saturated heterocycles. The van der Waals surface area contributed by atoms with Gasteiger partial charge >= 0.3 is 24.3 Å². The quantitative estimate of drug-likeness (QED) is 0.0701. The van der Waals surface area contributed by atoms with E-state index in [1.54, 1.807) is 0 Å². The Bertz CT molecular complexity index is 2790. The molecule has 6 aromatic carbocycles. The van der Waals surface area contributed by atoms with Gasteiger partial charge in [0.1, 0.15) is 23.0 Å². The lowest BCUT2D eigenvalue weighted by Gasteiger charge is -2.38. The second-order valence-electron chi connectivity index (χ2n) is 13.4. The molecule has 0 saturated carbocycles. The van der Waals surface area contributed by atoms with Gasteiger partial charge in [0, 0.05) is 22.5 Å². The summed E-state index contributed by atoms with van der Waals surface area (Å²) in [6, 6.07) is 24.9. The lowest BCUT2D eigenvalue weighted by atomic mass is 9.73. The molecule has 0 spiro atoms. The van der Waals surface area contributed by atoms with Crippen LogP contribution in [0.2, 0.25) is 0 Å². The van der Waals surface area contributed by atoms with Crippen LogP contribution in [-0.4, -0.2) is 46.3 Å². The van der Waals surface area contributed by atoms with Crippen LogP contribution in [0.15, 0.2) is 133 Å². The first-order valence-corrected chi connectivity index (χ1v) is 18.1. The fraction of sp³-hybridized carbons (Fsp3) is 0.0638. The van der Waals surface area contributed by atoms with Gasteiger partial charge in [0.2, 0.25) is 5.41 Å². The molecule has 316 valence electrons. The van der Waals surface area contributed by atoms with E-state index in [0.717, 1.165) is 24.3 Å². The summed E-state index contributed by atoms with van der Waals surface area (Å²) >= 11 is 0. The van der Waals surface area contributed by atoms with E-state index in [-0.39, 0.29) is 67.8 Å². The Morgan fingerprint density at radius 1 is 0.460 bits per heavy atom. The zero-order chi connectivity index (χ0) is 45.7. The lowest BCUT2D eigenvalue weighted by molar-refractivity contribution is -0.288. The Kier molecular flexibility index (Phi) is 12.3. The number of nitrogens with one attached hydrogen (secondary N) is 2. The van der Waals surface area contributed by atoms with Gasteiger partial charge in [-0.3, -0.25) is 9.59 Å². The largest absolute Gasteiger partial charge is 0.478 e. The first-order valence-electron chi connectivity index (χ1n) is 18.1. The van der Waals surface area contributed by atoms with E-state index in [1.165, 1.54) is 84.9 Å². The summed E-state index contributed by atoms with van der Waals surface area (Å²) in [5.74, 6) is 0.259. The highest BCUT2D eigenvalue weighted by Gasteiger charge is 2.72. The second kappa shape index (κ2) is 17.6. The van der Waals surface area contributed by atoms with Crippen molar-refractivity contribution < 1.29 is 65.2 Å². The molecule has 0 fully saturated rings. The van der Waals surface area contributed by atoms with Crippen LogP contribution in [0.5, 0.6) is 23.0 Å². The molecule has 63 heavy (non-hydrogen) atoms. The van der Waals surface area contributed by atoms with Gasteiger partial charge in [-0.25, -0.2) is 9.59 Å². The number of alkyl halides is 6. The highest BCUT2D eigenvalue weighted by molar-refractivity contribution is 6.11. The van der Waals surface area contributed by atoms with Gasteiger partial charge in [-0.1, -0.05) is 36.1 Å². The summed E-state index contributed by atoms with van der Waals surface area (Å²) in [5.41, 5.74) is -6.86. The van der Waals surface area contributed by atoms with E-state index < -0.39 is 52.6 Å². The molecule has 4 N–H and O–H groups in total. The number of hydrogen-bond acceptors (Lipinski definition) is 6. The van der Waals surface area contributed by atoms with Crippen molar-refractivity contribution >= 4 is 35.1 Å². The highest BCUT2D eigenvalue weighted by Crippen LogP contribution is 2.56. The maximum absolute atomic E-state index is 14.9. The van der Waals surface area contributed by atoms with Crippen LogP contribution in [0.25, 0.3) is 0 Å². The SMILES string of the molecule is C#Cc1ccc(C(=O)Nc2ccc(Oc3ccc(C(c4ccc(Oc5ccc(NC(=O)c6cc(C#C)ccc6C(=O)O)cc5)cc4)(C(F)(F)F)C(F)(F)F)cc3)cc2)c(C(=O)O)c1. The van der Waals surface area contributed by atoms with Crippen molar-refractivity contribution in [2.24, 2.45) is 0 Å². The molecule has 6 aromatic rings. The molecular weight excluding hydrogens is 835 g/mol. The zero-order valence-corrected chi connectivity index (χ0v) is 32.0. The summed E-state index contributed by atoms with van der Waals surface area (Å²) in [4.78, 5) is 49.0. The van der Waals surface area contributed by atoms with Gasteiger partial charge < -0.3 is 30.3 Å². The van der Waals surface area contributed by atoms with Gasteiger partial charge in [-0.05, 0) is 120 Å². The summed E-state index contributed by atoms with van der Waals surface area (Å²) in [6.07, 6.45) is -1.10. The maximum atomic E-state index is 14.9. The first kappa shape index (κ1) is 44.1. The number of aromatic carboxylic acids is 2. The molecule has 2 amide bonds. The minimum atomic E-state index is -5.89. The molecule has 0 aliphatic rings. The van der Waals surface area contributed by atoms with Crippen LogP contribution in [0, 0.1) is 24.7 Å². The second-order valence-corrected chi connectivity index (χ2v) is 13.4. The van der Waals surface area contributed by atoms with Gasteiger partial charge in [0.15, 0.2) is 0 Å². The van der Waals surface area contributed by atoms with Crippen molar-refractivity contribution in [2.45, 2.75) is 17.8 Å². The third kappa shape index (κ3) is 9.30. The molecular formula is C47H28F6N2O8. The van der Waals surface area contributed by atoms with Crippen LogP contribution in [-0.2, 0) is 5.41 Å². The molecule has 0 radical (unpaired) electrons. The molecule has 0 aliphatic carbocycles. The maximum Gasteiger partial charge on any atom is 0.411 e. The smallest absolute Gasteiger partial charge is 0.411 e. The first-order chi connectivity index (χ1) is 29.8. The van der Waals surface area contributed by atoms with Crippen molar-refractivity contribution in [3.8, 4) is 47.7 Å². The van der Waals surface area contributed by atoms with Crippen molar-refractivity contribution in [3.63, 3.8) is 0 Å². The average Bonchev–Trinajstić information content (AvgIpc) is 3.24. The number of benzene rings is 6. The third-order valence-electron chi connectivity index (χ3n) is 9.44. The Balaban J connectivity index is 1.16. The summed E-state index contributed by atoms with van der Waals surface area (Å²) < 4.78 is 101. The van der Waals surface area contributed by atoms with Crippen LogP contribution in [0.3, 0.4) is 0 Å². The molecule has 0 aliphatic heterocycles. The molecule has 0 aromatic heterocycles. The number of anilines is 2. The van der Waals surface area contributed by atoms with Crippen molar-refractivity contribution in [1.82, 2.24) is 0 Å². The fourth-order valence-electron chi connectivity index (χ4n) is 6.43. The number of carbonyl (C=O) groups is 4.